The molecular weight excluding hydrogens is 233 g/mol. The van der Waals surface area contributed by atoms with Crippen molar-refractivity contribution in [3.8, 4) is 0 Å². The Kier molecular flexibility index (Phi) is 8.55. The molecule has 17 heavy (non-hydrogen) atoms. The van der Waals surface area contributed by atoms with Crippen molar-refractivity contribution in [1.82, 2.24) is 10.2 Å². The van der Waals surface area contributed by atoms with Crippen LogP contribution in [0, 0.1) is 0 Å². The van der Waals surface area contributed by atoms with Gasteiger partial charge in [0.15, 0.2) is 0 Å². The van der Waals surface area contributed by atoms with Gasteiger partial charge in [-0.05, 0) is 20.8 Å². The minimum absolute atomic E-state index is 0.106. The molecule has 0 aromatic carbocycles. The van der Waals surface area contributed by atoms with Crippen molar-refractivity contribution < 1.29 is 17.9 Å². The molecule has 6 heteroatoms. The summed E-state index contributed by atoms with van der Waals surface area (Å²) in [5.41, 5.74) is 0. The van der Waals surface area contributed by atoms with E-state index < -0.39 is 12.7 Å². The molecule has 0 saturated carbocycles. The normalized spacial score (nSPS) is 12.7. The van der Waals surface area contributed by atoms with E-state index in [1.165, 1.54) is 4.90 Å². The minimum Gasteiger partial charge on any atom is -0.380 e. The molecule has 0 aromatic heterocycles. The summed E-state index contributed by atoms with van der Waals surface area (Å²) in [7, 11) is 0. The summed E-state index contributed by atoms with van der Waals surface area (Å²) in [6, 6.07) is -0.106. The first kappa shape index (κ1) is 16.7. The highest BCUT2D eigenvalue weighted by Gasteiger charge is 2.31. The fourth-order valence-electron chi connectivity index (χ4n) is 1.39. The number of hydrogen-bond acceptors (Lipinski definition) is 3. The summed E-state index contributed by atoms with van der Waals surface area (Å²) >= 11 is 0. The van der Waals surface area contributed by atoms with Gasteiger partial charge in [-0.3, -0.25) is 4.90 Å². The van der Waals surface area contributed by atoms with E-state index in [1.54, 1.807) is 13.8 Å². The third kappa shape index (κ3) is 10.5. The topological polar surface area (TPSA) is 24.5 Å². The molecule has 0 radical (unpaired) electrons. The molecule has 0 bridgehead atoms. The molecule has 0 saturated heterocycles. The summed E-state index contributed by atoms with van der Waals surface area (Å²) in [6.45, 7) is 7.46. The smallest absolute Gasteiger partial charge is 0.380 e. The average molecular weight is 256 g/mol. The first-order valence-corrected chi connectivity index (χ1v) is 5.96. The second kappa shape index (κ2) is 8.72. The molecule has 0 aliphatic rings. The van der Waals surface area contributed by atoms with Crippen molar-refractivity contribution in [2.75, 3.05) is 39.4 Å². The zero-order chi connectivity index (χ0) is 13.3. The third-order valence-electron chi connectivity index (χ3n) is 2.32. The molecule has 0 unspecified atom stereocenters. The zero-order valence-electron chi connectivity index (χ0n) is 10.8. The van der Waals surface area contributed by atoms with E-state index in [1.807, 2.05) is 6.92 Å². The van der Waals surface area contributed by atoms with Gasteiger partial charge in [0, 0.05) is 32.3 Å². The Bertz CT molecular complexity index is 186. The number of hydrogen-bond donors (Lipinski definition) is 1. The van der Waals surface area contributed by atoms with E-state index in [4.69, 9.17) is 4.74 Å². The van der Waals surface area contributed by atoms with Crippen molar-refractivity contribution in [3.63, 3.8) is 0 Å². The van der Waals surface area contributed by atoms with E-state index >= 15 is 0 Å². The van der Waals surface area contributed by atoms with Crippen molar-refractivity contribution >= 4 is 0 Å². The van der Waals surface area contributed by atoms with E-state index in [9.17, 15) is 13.2 Å². The van der Waals surface area contributed by atoms with Crippen LogP contribution in [0.25, 0.3) is 0 Å². The largest absolute Gasteiger partial charge is 0.401 e. The van der Waals surface area contributed by atoms with E-state index in [-0.39, 0.29) is 6.04 Å². The third-order valence-corrected chi connectivity index (χ3v) is 2.32. The van der Waals surface area contributed by atoms with Gasteiger partial charge in [0.1, 0.15) is 0 Å². The maximum atomic E-state index is 12.3. The Hall–Kier alpha value is -0.330. The predicted octanol–water partition coefficient (Wildman–Crippen LogP) is 1.89. The molecule has 0 heterocycles. The van der Waals surface area contributed by atoms with Gasteiger partial charge in [0.2, 0.25) is 0 Å². The number of alkyl halides is 3. The van der Waals surface area contributed by atoms with Gasteiger partial charge in [-0.1, -0.05) is 0 Å². The SMILES string of the molecule is CCOCCNCCN(CC(F)(F)F)C(C)C. The summed E-state index contributed by atoms with van der Waals surface area (Å²) in [6.07, 6.45) is -4.13. The quantitative estimate of drug-likeness (QED) is 0.638. The first-order valence-electron chi connectivity index (χ1n) is 5.96. The Morgan fingerprint density at radius 1 is 1.24 bits per heavy atom. The van der Waals surface area contributed by atoms with Crippen LogP contribution in [0.2, 0.25) is 0 Å². The van der Waals surface area contributed by atoms with Gasteiger partial charge < -0.3 is 10.1 Å². The molecular formula is C11H23F3N2O. The number of nitrogens with one attached hydrogen (secondary N) is 1. The second-order valence-electron chi connectivity index (χ2n) is 4.13. The molecule has 0 aliphatic heterocycles. The van der Waals surface area contributed by atoms with Crippen LogP contribution in [0.1, 0.15) is 20.8 Å². The summed E-state index contributed by atoms with van der Waals surface area (Å²) in [4.78, 5) is 1.41. The van der Waals surface area contributed by atoms with Crippen LogP contribution in [0.15, 0.2) is 0 Å². The van der Waals surface area contributed by atoms with Crippen LogP contribution < -0.4 is 5.32 Å². The zero-order valence-corrected chi connectivity index (χ0v) is 10.8. The highest BCUT2D eigenvalue weighted by atomic mass is 19.4. The number of ether oxygens (including phenoxy) is 1. The standard InChI is InChI=1S/C11H23F3N2O/c1-4-17-8-6-15-5-7-16(10(2)3)9-11(12,13)14/h10,15H,4-9H2,1-3H3. The molecule has 0 aliphatic carbocycles. The minimum atomic E-state index is -4.13. The first-order chi connectivity index (χ1) is 7.87. The van der Waals surface area contributed by atoms with Crippen LogP contribution >= 0.6 is 0 Å². The lowest BCUT2D eigenvalue weighted by molar-refractivity contribution is -0.149. The van der Waals surface area contributed by atoms with Crippen molar-refractivity contribution in [2.24, 2.45) is 0 Å². The molecule has 0 rings (SSSR count). The van der Waals surface area contributed by atoms with Crippen LogP contribution in [0.3, 0.4) is 0 Å². The molecule has 0 spiro atoms. The maximum absolute atomic E-state index is 12.3. The summed E-state index contributed by atoms with van der Waals surface area (Å²) in [5.74, 6) is 0. The fraction of sp³-hybridized carbons (Fsp3) is 1.00. The molecule has 104 valence electrons. The average Bonchev–Trinajstić information content (AvgIpc) is 2.19. The Morgan fingerprint density at radius 3 is 2.35 bits per heavy atom. The maximum Gasteiger partial charge on any atom is 0.401 e. The van der Waals surface area contributed by atoms with Crippen LogP contribution in [0.4, 0.5) is 13.2 Å². The Morgan fingerprint density at radius 2 is 1.88 bits per heavy atom. The van der Waals surface area contributed by atoms with Crippen LogP contribution in [-0.4, -0.2) is 56.5 Å². The Labute approximate surface area is 101 Å². The number of halogens is 3. The van der Waals surface area contributed by atoms with Crippen LogP contribution in [0.5, 0.6) is 0 Å². The highest BCUT2D eigenvalue weighted by molar-refractivity contribution is 4.68. The Balaban J connectivity index is 3.71. The molecule has 0 aromatic rings. The monoisotopic (exact) mass is 256 g/mol. The predicted molar refractivity (Wildman–Crippen MR) is 62.1 cm³/mol. The molecule has 1 N–H and O–H groups in total. The molecule has 0 atom stereocenters. The van der Waals surface area contributed by atoms with Gasteiger partial charge in [0.25, 0.3) is 0 Å². The lowest BCUT2D eigenvalue weighted by Gasteiger charge is -2.27. The number of nitrogens with zero attached hydrogens (tertiary/aromatic N) is 1. The van der Waals surface area contributed by atoms with Crippen molar-refractivity contribution in [2.45, 2.75) is 33.0 Å². The van der Waals surface area contributed by atoms with Gasteiger partial charge in [-0.15, -0.1) is 0 Å². The van der Waals surface area contributed by atoms with Crippen molar-refractivity contribution in [1.29, 1.82) is 0 Å². The molecule has 3 nitrogen and oxygen atoms in total. The summed E-state index contributed by atoms with van der Waals surface area (Å²) < 4.78 is 41.9. The van der Waals surface area contributed by atoms with Gasteiger partial charge >= 0.3 is 6.18 Å². The number of rotatable bonds is 9. The van der Waals surface area contributed by atoms with E-state index in [0.717, 1.165) is 0 Å². The summed E-state index contributed by atoms with van der Waals surface area (Å²) in [5, 5.41) is 3.06. The van der Waals surface area contributed by atoms with Gasteiger partial charge in [-0.2, -0.15) is 13.2 Å². The highest BCUT2D eigenvalue weighted by Crippen LogP contribution is 2.17. The second-order valence-corrected chi connectivity index (χ2v) is 4.13. The van der Waals surface area contributed by atoms with E-state index in [0.29, 0.717) is 32.8 Å². The van der Waals surface area contributed by atoms with Crippen LogP contribution in [-0.2, 0) is 4.74 Å². The molecule has 0 amide bonds. The van der Waals surface area contributed by atoms with Crippen molar-refractivity contribution in [3.05, 3.63) is 0 Å². The fourth-order valence-corrected chi connectivity index (χ4v) is 1.39. The van der Waals surface area contributed by atoms with E-state index in [2.05, 4.69) is 5.32 Å². The molecule has 0 fully saturated rings. The van der Waals surface area contributed by atoms with Gasteiger partial charge in [0.05, 0.1) is 13.2 Å². The van der Waals surface area contributed by atoms with Gasteiger partial charge in [-0.25, -0.2) is 0 Å². The lowest BCUT2D eigenvalue weighted by atomic mass is 10.3. The lowest BCUT2D eigenvalue weighted by Crippen LogP contribution is -2.43.